The average Bonchev–Trinajstić information content (AvgIpc) is 3.81. The number of fused-ring (bicyclic) bond motifs is 5. The Balaban J connectivity index is 1.34. The van der Waals surface area contributed by atoms with Crippen molar-refractivity contribution in [3.05, 3.63) is 64.0 Å². The number of carbonyl (C=O) groups is 1. The highest BCUT2D eigenvalue weighted by atomic mass is 16.7. The number of aliphatic hydroxyl groups is 3. The van der Waals surface area contributed by atoms with Gasteiger partial charge in [0, 0.05) is 75.2 Å². The zero-order valence-electron chi connectivity index (χ0n) is 44.8. The number of aryl methyl sites for hydroxylation is 2. The lowest BCUT2D eigenvalue weighted by Crippen LogP contribution is -2.62. The molecule has 18 atom stereocenters. The number of aromatic nitrogens is 3. The first-order chi connectivity index (χ1) is 34.4. The van der Waals surface area contributed by atoms with E-state index in [-0.39, 0.29) is 44.3 Å². The SMILES string of the molecule is C=C1CO[C@@H]2[C@@H](C)/C(=N/O)[C@H](C)C[C@@](C)(OC1)[C@H](O[C@@H]1O[C@H](C)C[C@H](N(C)CCc3cn(CCc4ccc([N+](=O)[O-])cc4)nn3)[C@H]1O)[C@@H](C)[C@H](O[C@H]1C[C@@](C)(OC)[C@@H](O)[C@H](C)O1)[C@@H](C)C(=O)O[C@H](CC)[C@@]2(C)O. The van der Waals surface area contributed by atoms with Crippen LogP contribution in [0.4, 0.5) is 5.69 Å². The number of benzene rings is 1. The standard InChI is InChI=1S/C52H82N6O15/c1-14-40-52(11,62)47-32(5)42(54-63)30(3)24-51(10,68-28-29(2)27-67-47)46(33(6)44(34(7)48(61)71-40)72-41-25-50(9,66-13)45(60)35(8)70-41)73-49-43(59)39(23-31(4)69-49)56(12)21-20-37-26-57(55-53-37)22-19-36-15-17-38(18-16-36)58(64)65/h15-18,26,30-35,39-41,43-47,49,59-60,62-63H,2,14,19-25,27-28H2,1,3-13H3/b54-42+/t30-,31-,32+,33+,34-,35+,39+,40-,41+,43-,44+,45+,46-,47-,49+,50-,51-,52-/m1/s1. The Hall–Kier alpha value is -4.00. The zero-order valence-corrected chi connectivity index (χ0v) is 44.8. The Morgan fingerprint density at radius 2 is 1.71 bits per heavy atom. The minimum Gasteiger partial charge on any atom is -0.459 e. The van der Waals surface area contributed by atoms with E-state index in [1.54, 1.807) is 58.4 Å². The van der Waals surface area contributed by atoms with Crippen molar-refractivity contribution in [2.45, 2.75) is 199 Å². The zero-order chi connectivity index (χ0) is 53.7. The second-order valence-electron chi connectivity index (χ2n) is 21.8. The molecule has 2 aromatic rings. The number of rotatable bonds is 14. The molecule has 0 unspecified atom stereocenters. The van der Waals surface area contributed by atoms with Crippen molar-refractivity contribution in [3.63, 3.8) is 0 Å². The number of esters is 1. The van der Waals surface area contributed by atoms with Gasteiger partial charge in [-0.15, -0.1) is 5.10 Å². The van der Waals surface area contributed by atoms with Crippen LogP contribution >= 0.6 is 0 Å². The monoisotopic (exact) mass is 1030 g/mol. The van der Waals surface area contributed by atoms with Crippen LogP contribution in [0, 0.1) is 33.8 Å². The van der Waals surface area contributed by atoms with Gasteiger partial charge in [-0.2, -0.15) is 0 Å². The van der Waals surface area contributed by atoms with Crippen molar-refractivity contribution in [1.82, 2.24) is 19.9 Å². The molecule has 73 heavy (non-hydrogen) atoms. The van der Waals surface area contributed by atoms with E-state index in [0.717, 1.165) is 11.3 Å². The van der Waals surface area contributed by atoms with Crippen molar-refractivity contribution in [1.29, 1.82) is 0 Å². The molecule has 0 aliphatic carbocycles. The van der Waals surface area contributed by atoms with Gasteiger partial charge in [-0.3, -0.25) is 19.6 Å². The van der Waals surface area contributed by atoms with Crippen LogP contribution in [-0.4, -0.2) is 175 Å². The van der Waals surface area contributed by atoms with Crippen LogP contribution in [0.25, 0.3) is 0 Å². The quantitative estimate of drug-likeness (QED) is 0.0636. The fourth-order valence-electron chi connectivity index (χ4n) is 11.5. The van der Waals surface area contributed by atoms with Gasteiger partial charge in [0.05, 0.1) is 77.2 Å². The number of oxime groups is 1. The Bertz CT molecular complexity index is 2200. The first-order valence-corrected chi connectivity index (χ1v) is 25.8. The number of hydrogen-bond donors (Lipinski definition) is 4. The molecule has 5 heterocycles. The van der Waals surface area contributed by atoms with Gasteiger partial charge in [0.1, 0.15) is 23.9 Å². The molecule has 4 fully saturated rings. The summed E-state index contributed by atoms with van der Waals surface area (Å²) >= 11 is 0. The Morgan fingerprint density at radius 3 is 2.36 bits per heavy atom. The predicted molar refractivity (Wildman–Crippen MR) is 267 cm³/mol. The highest BCUT2D eigenvalue weighted by Gasteiger charge is 2.55. The van der Waals surface area contributed by atoms with Gasteiger partial charge in [0.25, 0.3) is 5.69 Å². The van der Waals surface area contributed by atoms with Crippen LogP contribution in [0.3, 0.4) is 0 Å². The maximum atomic E-state index is 14.7. The number of nitrogens with zero attached hydrogens (tertiary/aromatic N) is 6. The van der Waals surface area contributed by atoms with Crippen molar-refractivity contribution < 1.29 is 68.1 Å². The molecule has 0 spiro atoms. The van der Waals surface area contributed by atoms with Crippen molar-refractivity contribution in [2.75, 3.05) is 33.9 Å². The van der Waals surface area contributed by atoms with Gasteiger partial charge in [-0.05, 0) is 85.4 Å². The summed E-state index contributed by atoms with van der Waals surface area (Å²) in [4.78, 5) is 27.5. The number of nitro benzene ring substituents is 1. The van der Waals surface area contributed by atoms with E-state index < -0.39 is 113 Å². The van der Waals surface area contributed by atoms with Crippen LogP contribution in [0.1, 0.15) is 106 Å². The lowest BCUT2D eigenvalue weighted by atomic mass is 9.73. The fourth-order valence-corrected chi connectivity index (χ4v) is 11.5. The molecule has 21 heteroatoms. The van der Waals surface area contributed by atoms with E-state index in [1.807, 2.05) is 40.9 Å². The van der Waals surface area contributed by atoms with E-state index in [9.17, 15) is 35.4 Å². The molecular weight excluding hydrogens is 949 g/mol. The number of hydrogen-bond acceptors (Lipinski definition) is 19. The summed E-state index contributed by atoms with van der Waals surface area (Å²) in [5.41, 5.74) is -1.61. The van der Waals surface area contributed by atoms with Gasteiger partial charge >= 0.3 is 5.97 Å². The van der Waals surface area contributed by atoms with Crippen molar-refractivity contribution in [3.8, 4) is 0 Å². The summed E-state index contributed by atoms with van der Waals surface area (Å²) in [7, 11) is 3.43. The summed E-state index contributed by atoms with van der Waals surface area (Å²) in [6.45, 7) is 23.2. The number of likely N-dealkylation sites (N-methyl/N-ethyl adjacent to an activating group) is 1. The lowest BCUT2D eigenvalue weighted by Gasteiger charge is -2.50. The van der Waals surface area contributed by atoms with Crippen molar-refractivity contribution in [2.24, 2.45) is 28.8 Å². The van der Waals surface area contributed by atoms with E-state index in [0.29, 0.717) is 43.6 Å². The van der Waals surface area contributed by atoms with Crippen molar-refractivity contribution >= 4 is 17.4 Å². The number of ether oxygens (including phenoxy) is 8. The smallest absolute Gasteiger partial charge is 0.311 e. The van der Waals surface area contributed by atoms with Gasteiger partial charge in [-0.25, -0.2) is 0 Å². The van der Waals surface area contributed by atoms with E-state index >= 15 is 0 Å². The minimum atomic E-state index is -1.79. The maximum absolute atomic E-state index is 14.7. The molecule has 2 bridgehead atoms. The second kappa shape index (κ2) is 24.3. The molecule has 1 aromatic carbocycles. The average molecular weight is 1030 g/mol. The summed E-state index contributed by atoms with van der Waals surface area (Å²) in [6, 6.07) is 5.99. The molecule has 1 aromatic heterocycles. The van der Waals surface area contributed by atoms with Gasteiger partial charge in [0.2, 0.25) is 0 Å². The van der Waals surface area contributed by atoms with Crippen LogP contribution in [0.5, 0.6) is 0 Å². The largest absolute Gasteiger partial charge is 0.459 e. The van der Waals surface area contributed by atoms with Crippen LogP contribution < -0.4 is 0 Å². The van der Waals surface area contributed by atoms with E-state index in [2.05, 4.69) is 26.9 Å². The summed E-state index contributed by atoms with van der Waals surface area (Å²) in [5, 5.41) is 70.5. The minimum absolute atomic E-state index is 0.0107. The molecule has 0 saturated carbocycles. The van der Waals surface area contributed by atoms with Gasteiger partial charge < -0.3 is 63.3 Å². The molecule has 0 amide bonds. The highest BCUT2D eigenvalue weighted by molar-refractivity contribution is 5.88. The Morgan fingerprint density at radius 1 is 1.01 bits per heavy atom. The fraction of sp³-hybridized carbons (Fsp3) is 0.769. The third-order valence-electron chi connectivity index (χ3n) is 16.0. The lowest BCUT2D eigenvalue weighted by molar-refractivity contribution is -0.384. The van der Waals surface area contributed by atoms with Crippen LogP contribution in [-0.2, 0) is 62.1 Å². The molecular formula is C52H82N6O15. The maximum Gasteiger partial charge on any atom is 0.311 e. The molecule has 4 aliphatic rings. The summed E-state index contributed by atoms with van der Waals surface area (Å²) in [5.74, 6) is -3.72. The number of non-ortho nitro benzene ring substituents is 1. The number of nitro groups is 1. The third kappa shape index (κ3) is 13.3. The second-order valence-corrected chi connectivity index (χ2v) is 21.8. The normalized spacial score (nSPS) is 39.9. The first-order valence-electron chi connectivity index (χ1n) is 25.8. The number of aliphatic hydroxyl groups excluding tert-OH is 2. The highest BCUT2D eigenvalue weighted by Crippen LogP contribution is 2.43. The molecule has 4 saturated heterocycles. The molecule has 4 N–H and O–H groups in total. The Labute approximate surface area is 429 Å². The molecule has 21 nitrogen and oxygen atoms in total. The topological polar surface area (TPSA) is 261 Å². The van der Waals surface area contributed by atoms with E-state index in [4.69, 9.17) is 37.9 Å². The van der Waals surface area contributed by atoms with E-state index in [1.165, 1.54) is 19.2 Å². The predicted octanol–water partition coefficient (Wildman–Crippen LogP) is 5.02. The first kappa shape index (κ1) is 58.3. The van der Waals surface area contributed by atoms with Gasteiger partial charge in [-0.1, -0.05) is 56.8 Å². The summed E-state index contributed by atoms with van der Waals surface area (Å²) < 4.78 is 54.3. The number of cyclic esters (lactones) is 1. The van der Waals surface area contributed by atoms with Crippen LogP contribution in [0.15, 0.2) is 47.8 Å². The third-order valence-corrected chi connectivity index (χ3v) is 16.0. The van der Waals surface area contributed by atoms with Gasteiger partial charge in [0.15, 0.2) is 12.6 Å². The Kier molecular flexibility index (Phi) is 19.4. The number of carbonyl (C=O) groups excluding carboxylic acids is 1. The van der Waals surface area contributed by atoms with Crippen LogP contribution in [0.2, 0.25) is 0 Å². The summed E-state index contributed by atoms with van der Waals surface area (Å²) in [6.07, 6.45) is -5.74. The number of methoxy groups -OCH3 is 1. The molecule has 0 radical (unpaired) electrons. The molecule has 410 valence electrons. The molecule has 4 aliphatic heterocycles. The molecule has 6 rings (SSSR count).